The molecule has 35 heavy (non-hydrogen) atoms. The van der Waals surface area contributed by atoms with Crippen molar-refractivity contribution < 1.29 is 9.59 Å². The van der Waals surface area contributed by atoms with Crippen LogP contribution in [0.2, 0.25) is 0 Å². The lowest BCUT2D eigenvalue weighted by Crippen LogP contribution is -2.30. The van der Waals surface area contributed by atoms with Crippen molar-refractivity contribution in [3.8, 4) is 0 Å². The van der Waals surface area contributed by atoms with Crippen LogP contribution in [0, 0.1) is 0 Å². The number of carbonyl (C=O) groups is 2. The first-order valence-electron chi connectivity index (χ1n) is 11.8. The van der Waals surface area contributed by atoms with Gasteiger partial charge < -0.3 is 15.2 Å². The lowest BCUT2D eigenvalue weighted by atomic mass is 9.90. The predicted octanol–water partition coefficient (Wildman–Crippen LogP) is 4.31. The second kappa shape index (κ2) is 9.92. The van der Waals surface area contributed by atoms with Crippen LogP contribution >= 0.6 is 11.3 Å². The van der Waals surface area contributed by atoms with Gasteiger partial charge in [-0.3, -0.25) is 14.5 Å². The van der Waals surface area contributed by atoms with Crippen LogP contribution in [-0.4, -0.2) is 49.0 Å². The van der Waals surface area contributed by atoms with Crippen molar-refractivity contribution in [2.75, 3.05) is 37.0 Å². The molecule has 1 aliphatic rings. The number of carbonyl (C=O) groups excluding carboxylic acids is 2. The molecule has 3 heterocycles. The summed E-state index contributed by atoms with van der Waals surface area (Å²) in [7, 11) is 4.05. The second-order valence-corrected chi connectivity index (χ2v) is 9.92. The Kier molecular flexibility index (Phi) is 6.55. The van der Waals surface area contributed by atoms with Gasteiger partial charge in [0, 0.05) is 67.7 Å². The van der Waals surface area contributed by atoms with E-state index in [1.54, 1.807) is 4.90 Å². The average molecular weight is 488 g/mol. The number of amides is 2. The number of nitrogens with zero attached hydrogens (tertiary/aromatic N) is 3. The molecule has 0 saturated carbocycles. The molecule has 0 bridgehead atoms. The molecular weight excluding hydrogens is 458 g/mol. The molecule has 0 aliphatic carbocycles. The fourth-order valence-electron chi connectivity index (χ4n) is 4.59. The number of hydrogen-bond acceptors (Lipinski definition) is 5. The number of rotatable bonds is 8. The van der Waals surface area contributed by atoms with Gasteiger partial charge in [-0.05, 0) is 35.7 Å². The van der Waals surface area contributed by atoms with Crippen molar-refractivity contribution in [2.45, 2.75) is 25.2 Å². The van der Waals surface area contributed by atoms with Gasteiger partial charge in [0.1, 0.15) is 0 Å². The minimum absolute atomic E-state index is 0.000437. The van der Waals surface area contributed by atoms with Crippen LogP contribution < -0.4 is 15.1 Å². The summed E-state index contributed by atoms with van der Waals surface area (Å²) >= 11 is 1.42. The third-order valence-electron chi connectivity index (χ3n) is 6.50. The molecule has 2 aromatic carbocycles. The van der Waals surface area contributed by atoms with Crippen LogP contribution in [0.3, 0.4) is 0 Å². The zero-order valence-corrected chi connectivity index (χ0v) is 20.8. The molecule has 7 nitrogen and oxygen atoms in total. The van der Waals surface area contributed by atoms with E-state index in [0.717, 1.165) is 34.1 Å². The van der Waals surface area contributed by atoms with E-state index in [4.69, 9.17) is 0 Å². The maximum absolute atomic E-state index is 12.9. The Balaban J connectivity index is 1.32. The van der Waals surface area contributed by atoms with E-state index in [2.05, 4.69) is 56.6 Å². The van der Waals surface area contributed by atoms with Gasteiger partial charge in [0.25, 0.3) is 0 Å². The number of thiazole rings is 1. The van der Waals surface area contributed by atoms with Gasteiger partial charge in [0.2, 0.25) is 11.8 Å². The van der Waals surface area contributed by atoms with Crippen LogP contribution in [0.15, 0.2) is 60.1 Å². The molecule has 1 saturated heterocycles. The average Bonchev–Trinajstić information content (AvgIpc) is 3.60. The molecule has 2 aromatic heterocycles. The fraction of sp³-hybridized carbons (Fsp3) is 0.296. The van der Waals surface area contributed by atoms with Crippen molar-refractivity contribution in [1.82, 2.24) is 15.3 Å². The maximum atomic E-state index is 12.9. The van der Waals surface area contributed by atoms with Crippen LogP contribution in [0.25, 0.3) is 10.9 Å². The number of anilines is 2. The number of H-pyrrole nitrogens is 1. The summed E-state index contributed by atoms with van der Waals surface area (Å²) in [5.74, 6) is 0.0288. The smallest absolute Gasteiger partial charge is 0.228 e. The molecule has 1 fully saturated rings. The first-order chi connectivity index (χ1) is 17.0. The number of nitrogens with one attached hydrogen (secondary N) is 2. The van der Waals surface area contributed by atoms with Gasteiger partial charge in [0.05, 0.1) is 12.1 Å². The molecule has 0 radical (unpaired) electrons. The van der Waals surface area contributed by atoms with Gasteiger partial charge >= 0.3 is 0 Å². The first-order valence-corrected chi connectivity index (χ1v) is 12.7. The van der Waals surface area contributed by atoms with E-state index in [1.807, 2.05) is 37.8 Å². The number of para-hydroxylation sites is 1. The number of aromatic amines is 1. The van der Waals surface area contributed by atoms with Gasteiger partial charge in [0.15, 0.2) is 5.13 Å². The number of aromatic nitrogens is 2. The minimum atomic E-state index is -0.0793. The fourth-order valence-corrected chi connectivity index (χ4v) is 5.46. The highest BCUT2D eigenvalue weighted by molar-refractivity contribution is 7.14. The van der Waals surface area contributed by atoms with Gasteiger partial charge in [-0.15, -0.1) is 11.3 Å². The summed E-state index contributed by atoms with van der Waals surface area (Å²) in [6, 6.07) is 16.7. The third-order valence-corrected chi connectivity index (χ3v) is 7.41. The first kappa shape index (κ1) is 23.1. The number of benzene rings is 2. The topological polar surface area (TPSA) is 81.3 Å². The lowest BCUT2D eigenvalue weighted by molar-refractivity contribution is -0.120. The molecule has 180 valence electrons. The molecule has 2 amide bonds. The minimum Gasteiger partial charge on any atom is -0.378 e. The van der Waals surface area contributed by atoms with Crippen LogP contribution in [-0.2, 0) is 16.0 Å². The Morgan fingerprint density at radius 3 is 2.74 bits per heavy atom. The number of hydrogen-bond donors (Lipinski definition) is 2. The Morgan fingerprint density at radius 1 is 1.20 bits per heavy atom. The molecule has 5 rings (SSSR count). The van der Waals surface area contributed by atoms with Gasteiger partial charge in [-0.2, -0.15) is 0 Å². The highest BCUT2D eigenvalue weighted by Crippen LogP contribution is 2.31. The van der Waals surface area contributed by atoms with E-state index in [0.29, 0.717) is 30.3 Å². The summed E-state index contributed by atoms with van der Waals surface area (Å²) in [4.78, 5) is 36.6. The zero-order chi connectivity index (χ0) is 24.4. The molecule has 1 atom stereocenters. The quantitative estimate of drug-likeness (QED) is 0.388. The normalized spacial score (nSPS) is 14.5. The largest absolute Gasteiger partial charge is 0.378 e. The standard InChI is InChI=1S/C27H29N5O2S/c1-31(2)20-11-9-18(10-12-20)22(23-16-28-24-7-4-3-6-21(23)24)15-29-25(33)14-19-17-35-27(30-19)32-13-5-8-26(32)34/h3-4,6-7,9-12,16-17,22,28H,5,8,13-15H2,1-2H3,(H,29,33)/t22-/m1/s1. The van der Waals surface area contributed by atoms with Crippen molar-refractivity contribution >= 4 is 44.9 Å². The van der Waals surface area contributed by atoms with Crippen LogP contribution in [0.5, 0.6) is 0 Å². The summed E-state index contributed by atoms with van der Waals surface area (Å²) in [5, 5.41) is 6.84. The van der Waals surface area contributed by atoms with Crippen molar-refractivity contribution in [2.24, 2.45) is 0 Å². The van der Waals surface area contributed by atoms with Crippen molar-refractivity contribution in [3.05, 3.63) is 76.9 Å². The zero-order valence-electron chi connectivity index (χ0n) is 20.0. The van der Waals surface area contributed by atoms with Gasteiger partial charge in [-0.1, -0.05) is 30.3 Å². The lowest BCUT2D eigenvalue weighted by Gasteiger charge is -2.20. The molecule has 8 heteroatoms. The van der Waals surface area contributed by atoms with E-state index >= 15 is 0 Å². The SMILES string of the molecule is CN(C)c1ccc([C@@H](CNC(=O)Cc2csc(N3CCCC3=O)n2)c2c[nH]c3ccccc23)cc1. The Hall–Kier alpha value is -3.65. The molecule has 4 aromatic rings. The maximum Gasteiger partial charge on any atom is 0.228 e. The van der Waals surface area contributed by atoms with E-state index in [-0.39, 0.29) is 24.2 Å². The van der Waals surface area contributed by atoms with Crippen LogP contribution in [0.4, 0.5) is 10.8 Å². The monoisotopic (exact) mass is 487 g/mol. The predicted molar refractivity (Wildman–Crippen MR) is 141 cm³/mol. The Labute approximate surface area is 208 Å². The molecule has 1 aliphatic heterocycles. The molecule has 2 N–H and O–H groups in total. The Bertz CT molecular complexity index is 1340. The third kappa shape index (κ3) is 4.93. The van der Waals surface area contributed by atoms with Crippen LogP contribution in [0.1, 0.15) is 35.6 Å². The highest BCUT2D eigenvalue weighted by atomic mass is 32.1. The second-order valence-electron chi connectivity index (χ2n) is 9.08. The van der Waals surface area contributed by atoms with Crippen molar-refractivity contribution in [3.63, 3.8) is 0 Å². The van der Waals surface area contributed by atoms with Crippen molar-refractivity contribution in [1.29, 1.82) is 0 Å². The summed E-state index contributed by atoms with van der Waals surface area (Å²) in [5.41, 5.74) is 5.20. The molecule has 0 unspecified atom stereocenters. The number of fused-ring (bicyclic) bond motifs is 1. The highest BCUT2D eigenvalue weighted by Gasteiger charge is 2.25. The van der Waals surface area contributed by atoms with E-state index in [9.17, 15) is 9.59 Å². The molecular formula is C27H29N5O2S. The van der Waals surface area contributed by atoms with E-state index in [1.165, 1.54) is 11.3 Å². The Morgan fingerprint density at radius 2 is 2.00 bits per heavy atom. The van der Waals surface area contributed by atoms with Gasteiger partial charge in [-0.25, -0.2) is 4.98 Å². The van der Waals surface area contributed by atoms with E-state index < -0.39 is 0 Å². The summed E-state index contributed by atoms with van der Waals surface area (Å²) < 4.78 is 0. The summed E-state index contributed by atoms with van der Waals surface area (Å²) in [6.45, 7) is 1.18. The summed E-state index contributed by atoms with van der Waals surface area (Å²) in [6.07, 6.45) is 3.67. The molecule has 0 spiro atoms.